The molecule has 0 unspecified atom stereocenters. The Morgan fingerprint density at radius 1 is 1.21 bits per heavy atom. The highest BCUT2D eigenvalue weighted by molar-refractivity contribution is 5.97. The van der Waals surface area contributed by atoms with Crippen LogP contribution in [0, 0.1) is 5.92 Å². The molecular formula is C22H27N3O4. The van der Waals surface area contributed by atoms with Crippen molar-refractivity contribution in [2.45, 2.75) is 18.9 Å². The number of carbonyl (C=O) groups excluding carboxylic acids is 2. The van der Waals surface area contributed by atoms with Crippen LogP contribution in [0.1, 0.15) is 34.9 Å². The monoisotopic (exact) mass is 397 g/mol. The molecule has 3 rings (SSSR count). The molecule has 0 aliphatic carbocycles. The van der Waals surface area contributed by atoms with Crippen LogP contribution < -0.4 is 10.1 Å². The zero-order valence-corrected chi connectivity index (χ0v) is 16.8. The minimum absolute atomic E-state index is 0.0342. The van der Waals surface area contributed by atoms with Crippen molar-refractivity contribution in [1.29, 1.82) is 0 Å². The van der Waals surface area contributed by atoms with Crippen LogP contribution in [-0.4, -0.2) is 55.6 Å². The second-order valence-electron chi connectivity index (χ2n) is 7.08. The molecule has 0 saturated carbocycles. The first-order chi connectivity index (χ1) is 14.1. The molecule has 0 spiro atoms. The maximum atomic E-state index is 13.0. The summed E-state index contributed by atoms with van der Waals surface area (Å²) in [5.74, 6) is 0.315. The van der Waals surface area contributed by atoms with Crippen LogP contribution >= 0.6 is 0 Å². The van der Waals surface area contributed by atoms with Gasteiger partial charge in [0.2, 0.25) is 5.91 Å². The highest BCUT2D eigenvalue weighted by Gasteiger charge is 2.32. The van der Waals surface area contributed by atoms with Crippen molar-refractivity contribution in [1.82, 2.24) is 15.2 Å². The first kappa shape index (κ1) is 20.8. The average Bonchev–Trinajstić information content (AvgIpc) is 2.78. The Bertz CT molecular complexity index is 828. The van der Waals surface area contributed by atoms with Crippen LogP contribution in [0.2, 0.25) is 0 Å². The lowest BCUT2D eigenvalue weighted by Gasteiger charge is -2.37. The van der Waals surface area contributed by atoms with Crippen LogP contribution in [0.15, 0.2) is 48.7 Å². The van der Waals surface area contributed by atoms with Crippen LogP contribution in [0.25, 0.3) is 0 Å². The van der Waals surface area contributed by atoms with Gasteiger partial charge in [-0.2, -0.15) is 0 Å². The van der Waals surface area contributed by atoms with Gasteiger partial charge < -0.3 is 19.7 Å². The fourth-order valence-electron chi connectivity index (χ4n) is 3.77. The predicted molar refractivity (Wildman–Crippen MR) is 109 cm³/mol. The van der Waals surface area contributed by atoms with E-state index in [1.807, 2.05) is 29.2 Å². The molecule has 2 aromatic rings. The molecule has 2 amide bonds. The maximum Gasteiger partial charge on any atom is 0.255 e. The van der Waals surface area contributed by atoms with Crippen LogP contribution in [0.4, 0.5) is 0 Å². The number of carbonyl (C=O) groups is 2. The first-order valence-electron chi connectivity index (χ1n) is 9.75. The van der Waals surface area contributed by atoms with E-state index < -0.39 is 0 Å². The lowest BCUT2D eigenvalue weighted by atomic mass is 9.88. The standard InChI is InChI=1S/C22H27N3O4/c1-28-15-20(26)25-13-7-8-16(14-25)21(18-10-5-6-12-23-18)24-22(27)17-9-3-4-11-19(17)29-2/h3-6,9-12,16,21H,7-8,13-15H2,1-2H3,(H,24,27)/t16-,21+/m0/s1. The second-order valence-corrected chi connectivity index (χ2v) is 7.08. The highest BCUT2D eigenvalue weighted by Crippen LogP contribution is 2.30. The number of benzene rings is 1. The number of pyridine rings is 1. The van der Waals surface area contributed by atoms with Gasteiger partial charge in [0.25, 0.3) is 5.91 Å². The summed E-state index contributed by atoms with van der Waals surface area (Å²) in [6.07, 6.45) is 3.48. The average molecular weight is 397 g/mol. The summed E-state index contributed by atoms with van der Waals surface area (Å²) in [4.78, 5) is 31.6. The molecule has 1 aromatic heterocycles. The Morgan fingerprint density at radius 3 is 2.72 bits per heavy atom. The molecule has 2 atom stereocenters. The number of nitrogens with one attached hydrogen (secondary N) is 1. The summed E-state index contributed by atoms with van der Waals surface area (Å²) in [7, 11) is 3.06. The first-order valence-corrected chi connectivity index (χ1v) is 9.75. The molecule has 1 fully saturated rings. The third-order valence-corrected chi connectivity index (χ3v) is 5.19. The molecule has 7 nitrogen and oxygen atoms in total. The van der Waals surface area contributed by atoms with Gasteiger partial charge in [0.1, 0.15) is 12.4 Å². The van der Waals surface area contributed by atoms with Crippen molar-refractivity contribution >= 4 is 11.8 Å². The van der Waals surface area contributed by atoms with E-state index in [0.29, 0.717) is 24.4 Å². The number of rotatable bonds is 7. The molecule has 29 heavy (non-hydrogen) atoms. The van der Waals surface area contributed by atoms with Crippen LogP contribution in [0.3, 0.4) is 0 Å². The SMILES string of the molecule is COCC(=O)N1CCC[C@H]([C@@H](NC(=O)c2ccccc2OC)c2ccccn2)C1. The zero-order chi connectivity index (χ0) is 20.6. The third kappa shape index (κ3) is 5.12. The summed E-state index contributed by atoms with van der Waals surface area (Å²) in [6, 6.07) is 12.5. The van der Waals surface area contributed by atoms with E-state index in [-0.39, 0.29) is 30.4 Å². The predicted octanol–water partition coefficient (Wildman–Crippen LogP) is 2.45. The molecule has 1 saturated heterocycles. The largest absolute Gasteiger partial charge is 0.496 e. The number of aromatic nitrogens is 1. The number of piperidine rings is 1. The van der Waals surface area contributed by atoms with Crippen molar-refractivity contribution in [3.63, 3.8) is 0 Å². The van der Waals surface area contributed by atoms with Crippen molar-refractivity contribution in [3.05, 3.63) is 59.9 Å². The topological polar surface area (TPSA) is 80.8 Å². The fourth-order valence-corrected chi connectivity index (χ4v) is 3.77. The van der Waals surface area contributed by atoms with E-state index in [1.54, 1.807) is 31.5 Å². The van der Waals surface area contributed by atoms with Gasteiger partial charge in [-0.1, -0.05) is 18.2 Å². The minimum Gasteiger partial charge on any atom is -0.496 e. The van der Waals surface area contributed by atoms with Gasteiger partial charge in [0, 0.05) is 32.3 Å². The van der Waals surface area contributed by atoms with Gasteiger partial charge in [-0.05, 0) is 37.1 Å². The number of likely N-dealkylation sites (tertiary alicyclic amines) is 1. The van der Waals surface area contributed by atoms with Crippen molar-refractivity contribution in [2.75, 3.05) is 33.9 Å². The van der Waals surface area contributed by atoms with E-state index >= 15 is 0 Å². The van der Waals surface area contributed by atoms with E-state index in [1.165, 1.54) is 7.11 Å². The Labute approximate surface area is 171 Å². The molecule has 0 radical (unpaired) electrons. The molecule has 7 heteroatoms. The number of amides is 2. The summed E-state index contributed by atoms with van der Waals surface area (Å²) in [5, 5.41) is 3.13. The molecule has 1 aliphatic heterocycles. The molecule has 2 heterocycles. The van der Waals surface area contributed by atoms with E-state index in [9.17, 15) is 9.59 Å². The fraction of sp³-hybridized carbons (Fsp3) is 0.409. The molecule has 1 aliphatic rings. The number of hydrogen-bond acceptors (Lipinski definition) is 5. The lowest BCUT2D eigenvalue weighted by Crippen LogP contribution is -2.46. The number of ether oxygens (including phenoxy) is 2. The molecular weight excluding hydrogens is 370 g/mol. The summed E-state index contributed by atoms with van der Waals surface area (Å²) in [6.45, 7) is 1.32. The Morgan fingerprint density at radius 2 is 2.00 bits per heavy atom. The second kappa shape index (κ2) is 10.0. The van der Waals surface area contributed by atoms with Crippen LogP contribution in [0.5, 0.6) is 5.75 Å². The normalized spacial score (nSPS) is 17.4. The Hall–Kier alpha value is -2.93. The van der Waals surface area contributed by atoms with E-state index in [0.717, 1.165) is 18.5 Å². The summed E-state index contributed by atoms with van der Waals surface area (Å²) in [5.41, 5.74) is 1.25. The minimum atomic E-state index is -0.313. The Balaban J connectivity index is 1.84. The number of hydrogen-bond donors (Lipinski definition) is 1. The highest BCUT2D eigenvalue weighted by atomic mass is 16.5. The molecule has 154 valence electrons. The molecule has 1 aromatic carbocycles. The summed E-state index contributed by atoms with van der Waals surface area (Å²) >= 11 is 0. The van der Waals surface area contributed by atoms with Crippen molar-refractivity contribution < 1.29 is 19.1 Å². The van der Waals surface area contributed by atoms with E-state index in [4.69, 9.17) is 9.47 Å². The summed E-state index contributed by atoms with van der Waals surface area (Å²) < 4.78 is 10.3. The maximum absolute atomic E-state index is 13.0. The van der Waals surface area contributed by atoms with Gasteiger partial charge >= 0.3 is 0 Å². The van der Waals surface area contributed by atoms with E-state index in [2.05, 4.69) is 10.3 Å². The Kier molecular flexibility index (Phi) is 7.19. The van der Waals surface area contributed by atoms with Crippen molar-refractivity contribution in [3.8, 4) is 5.75 Å². The van der Waals surface area contributed by atoms with Gasteiger partial charge in [-0.15, -0.1) is 0 Å². The molecule has 1 N–H and O–H groups in total. The van der Waals surface area contributed by atoms with Crippen molar-refractivity contribution in [2.24, 2.45) is 5.92 Å². The zero-order valence-electron chi connectivity index (χ0n) is 16.8. The number of nitrogens with zero attached hydrogens (tertiary/aromatic N) is 2. The van der Waals surface area contributed by atoms with Gasteiger partial charge in [-0.25, -0.2) is 0 Å². The smallest absolute Gasteiger partial charge is 0.255 e. The van der Waals surface area contributed by atoms with Gasteiger partial charge in [0.15, 0.2) is 0 Å². The molecule has 0 bridgehead atoms. The quantitative estimate of drug-likeness (QED) is 0.776. The third-order valence-electron chi connectivity index (χ3n) is 5.19. The number of methoxy groups -OCH3 is 2. The van der Waals surface area contributed by atoms with Gasteiger partial charge in [-0.3, -0.25) is 14.6 Å². The van der Waals surface area contributed by atoms with Crippen LogP contribution in [-0.2, 0) is 9.53 Å². The lowest BCUT2D eigenvalue weighted by molar-refractivity contribution is -0.137. The number of para-hydroxylation sites is 1. The van der Waals surface area contributed by atoms with Gasteiger partial charge in [0.05, 0.1) is 24.4 Å².